The van der Waals surface area contributed by atoms with Crippen LogP contribution in [0.5, 0.6) is 0 Å². The lowest BCUT2D eigenvalue weighted by molar-refractivity contribution is 0.0932. The first-order valence-corrected chi connectivity index (χ1v) is 8.66. The third-order valence-electron chi connectivity index (χ3n) is 3.30. The van der Waals surface area contributed by atoms with E-state index in [1.165, 1.54) is 6.08 Å². The van der Waals surface area contributed by atoms with Crippen LogP contribution in [0.25, 0.3) is 11.0 Å². The van der Waals surface area contributed by atoms with E-state index in [-0.39, 0.29) is 17.4 Å². The molecule has 0 fully saturated rings. The van der Waals surface area contributed by atoms with Crippen LogP contribution in [0, 0.1) is 5.92 Å². The van der Waals surface area contributed by atoms with Gasteiger partial charge in [-0.15, -0.1) is 0 Å². The van der Waals surface area contributed by atoms with Crippen molar-refractivity contribution in [3.63, 3.8) is 0 Å². The highest BCUT2D eigenvalue weighted by Gasteiger charge is 2.18. The molecule has 0 spiro atoms. The minimum absolute atomic E-state index is 0.0400. The van der Waals surface area contributed by atoms with Gasteiger partial charge < -0.3 is 10.7 Å². The van der Waals surface area contributed by atoms with E-state index in [1.54, 1.807) is 18.5 Å². The molecule has 0 bridgehead atoms. The number of alkyl halides is 1. The fourth-order valence-corrected chi connectivity index (χ4v) is 2.40. The SMILES string of the molecule is CC.CC(CC=C/C=C(/N)CF)C(=O)c1c[nH]c2ncc(Br)cc12. The summed E-state index contributed by atoms with van der Waals surface area (Å²) in [5.41, 5.74) is 6.84. The summed E-state index contributed by atoms with van der Waals surface area (Å²) >= 11 is 3.36. The van der Waals surface area contributed by atoms with Crippen LogP contribution in [0.3, 0.4) is 0 Å². The molecule has 0 aliphatic rings. The molecule has 0 saturated heterocycles. The Kier molecular flexibility index (Phi) is 8.40. The topological polar surface area (TPSA) is 71.8 Å². The van der Waals surface area contributed by atoms with Crippen LogP contribution in [0.15, 0.2) is 46.9 Å². The van der Waals surface area contributed by atoms with Gasteiger partial charge >= 0.3 is 0 Å². The van der Waals surface area contributed by atoms with E-state index in [9.17, 15) is 9.18 Å². The van der Waals surface area contributed by atoms with Crippen molar-refractivity contribution in [3.8, 4) is 0 Å². The van der Waals surface area contributed by atoms with Crippen LogP contribution in [-0.2, 0) is 0 Å². The summed E-state index contributed by atoms with van der Waals surface area (Å²) in [6.07, 6.45) is 8.92. The van der Waals surface area contributed by atoms with E-state index in [4.69, 9.17) is 5.73 Å². The molecule has 24 heavy (non-hydrogen) atoms. The lowest BCUT2D eigenvalue weighted by Crippen LogP contribution is -2.10. The number of nitrogens with two attached hydrogens (primary N) is 1. The Morgan fingerprint density at radius 2 is 2.21 bits per heavy atom. The quantitative estimate of drug-likeness (QED) is 0.537. The van der Waals surface area contributed by atoms with Crippen molar-refractivity contribution < 1.29 is 9.18 Å². The Morgan fingerprint density at radius 1 is 1.50 bits per heavy atom. The highest BCUT2D eigenvalue weighted by atomic mass is 79.9. The van der Waals surface area contributed by atoms with Crippen LogP contribution < -0.4 is 5.73 Å². The third kappa shape index (κ3) is 5.30. The van der Waals surface area contributed by atoms with Crippen LogP contribution in [0.4, 0.5) is 4.39 Å². The molecule has 2 heterocycles. The Hall–Kier alpha value is -1.95. The van der Waals surface area contributed by atoms with Crippen LogP contribution >= 0.6 is 15.9 Å². The number of carbonyl (C=O) groups excluding carboxylic acids is 1. The van der Waals surface area contributed by atoms with Gasteiger partial charge in [0.2, 0.25) is 0 Å². The molecule has 3 N–H and O–H groups in total. The van der Waals surface area contributed by atoms with Crippen molar-refractivity contribution in [2.75, 3.05) is 6.67 Å². The molecular formula is C18H23BrFN3O. The zero-order valence-corrected chi connectivity index (χ0v) is 15.7. The van der Waals surface area contributed by atoms with Gasteiger partial charge in [-0.1, -0.05) is 32.9 Å². The zero-order chi connectivity index (χ0) is 18.1. The van der Waals surface area contributed by atoms with Gasteiger partial charge in [-0.3, -0.25) is 4.79 Å². The number of aromatic nitrogens is 2. The van der Waals surface area contributed by atoms with Gasteiger partial charge in [0, 0.05) is 39.4 Å². The number of rotatable bonds is 6. The first-order valence-electron chi connectivity index (χ1n) is 7.87. The molecule has 1 unspecified atom stereocenters. The molecule has 2 aromatic rings. The number of H-pyrrole nitrogens is 1. The lowest BCUT2D eigenvalue weighted by Gasteiger charge is -2.06. The van der Waals surface area contributed by atoms with Gasteiger partial charge in [-0.2, -0.15) is 0 Å². The van der Waals surface area contributed by atoms with E-state index in [0.717, 1.165) is 9.86 Å². The molecule has 0 aliphatic carbocycles. The summed E-state index contributed by atoms with van der Waals surface area (Å²) in [5, 5.41) is 0.803. The number of halogens is 2. The Bertz CT molecular complexity index is 737. The number of hydrogen-bond acceptors (Lipinski definition) is 3. The molecular weight excluding hydrogens is 373 g/mol. The molecule has 6 heteroatoms. The molecule has 0 amide bonds. The molecule has 130 valence electrons. The number of aromatic amines is 1. The van der Waals surface area contributed by atoms with E-state index >= 15 is 0 Å². The maximum atomic E-state index is 12.5. The van der Waals surface area contributed by atoms with Crippen LogP contribution in [0.1, 0.15) is 37.6 Å². The molecule has 1 atom stereocenters. The van der Waals surface area contributed by atoms with E-state index in [1.807, 2.05) is 32.9 Å². The maximum absolute atomic E-state index is 12.5. The molecule has 0 aliphatic heterocycles. The Labute approximate surface area is 150 Å². The smallest absolute Gasteiger partial charge is 0.168 e. The normalized spacial score (nSPS) is 13.0. The monoisotopic (exact) mass is 395 g/mol. The van der Waals surface area contributed by atoms with Crippen molar-refractivity contribution in [2.24, 2.45) is 11.7 Å². The van der Waals surface area contributed by atoms with Crippen molar-refractivity contribution in [1.82, 2.24) is 9.97 Å². The minimum atomic E-state index is -0.671. The number of ketones is 1. The number of pyridine rings is 1. The maximum Gasteiger partial charge on any atom is 0.168 e. The van der Waals surface area contributed by atoms with Gasteiger partial charge in [0.15, 0.2) is 5.78 Å². The van der Waals surface area contributed by atoms with Crippen molar-refractivity contribution in [3.05, 3.63) is 52.4 Å². The summed E-state index contributed by atoms with van der Waals surface area (Å²) < 4.78 is 13.0. The zero-order valence-electron chi connectivity index (χ0n) is 14.1. The minimum Gasteiger partial charge on any atom is -0.400 e. The summed E-state index contributed by atoms with van der Waals surface area (Å²) in [6.45, 7) is 5.19. The fourth-order valence-electron chi connectivity index (χ4n) is 2.07. The summed E-state index contributed by atoms with van der Waals surface area (Å²) in [5.74, 6) is -0.146. The lowest BCUT2D eigenvalue weighted by atomic mass is 9.96. The van der Waals surface area contributed by atoms with E-state index in [0.29, 0.717) is 17.6 Å². The number of fused-ring (bicyclic) bond motifs is 1. The number of nitrogens with one attached hydrogen (secondary N) is 1. The second kappa shape index (κ2) is 10.0. The van der Waals surface area contributed by atoms with Crippen LogP contribution in [0.2, 0.25) is 0 Å². The van der Waals surface area contributed by atoms with Gasteiger partial charge in [0.25, 0.3) is 0 Å². The van der Waals surface area contributed by atoms with Crippen molar-refractivity contribution >= 4 is 32.7 Å². The molecule has 0 aromatic carbocycles. The summed E-state index contributed by atoms with van der Waals surface area (Å²) in [6, 6.07) is 1.87. The first kappa shape index (κ1) is 20.1. The molecule has 0 saturated carbocycles. The van der Waals surface area contributed by atoms with Crippen molar-refractivity contribution in [2.45, 2.75) is 27.2 Å². The second-order valence-electron chi connectivity index (χ2n) is 5.06. The number of Topliss-reactive ketones (excluding diaryl/α,β-unsaturated/α-hetero) is 1. The molecule has 0 radical (unpaired) electrons. The first-order chi connectivity index (χ1) is 11.5. The third-order valence-corrected chi connectivity index (χ3v) is 3.73. The van der Waals surface area contributed by atoms with Gasteiger partial charge in [0.05, 0.1) is 0 Å². The molecule has 2 aromatic heterocycles. The Morgan fingerprint density at radius 3 is 2.88 bits per heavy atom. The molecule has 2 rings (SSSR count). The predicted molar refractivity (Wildman–Crippen MR) is 101 cm³/mol. The summed E-state index contributed by atoms with van der Waals surface area (Å²) in [7, 11) is 0. The van der Waals surface area contributed by atoms with Gasteiger partial charge in [0.1, 0.15) is 12.3 Å². The van der Waals surface area contributed by atoms with Crippen molar-refractivity contribution in [1.29, 1.82) is 0 Å². The largest absolute Gasteiger partial charge is 0.400 e. The highest BCUT2D eigenvalue weighted by Crippen LogP contribution is 2.23. The average Bonchev–Trinajstić information content (AvgIpc) is 3.02. The summed E-state index contributed by atoms with van der Waals surface area (Å²) in [4.78, 5) is 19.7. The number of hydrogen-bond donors (Lipinski definition) is 2. The average molecular weight is 396 g/mol. The van der Waals surface area contributed by atoms with Gasteiger partial charge in [-0.05, 0) is 34.5 Å². The Balaban J connectivity index is 0.00000139. The van der Waals surface area contributed by atoms with E-state index < -0.39 is 6.67 Å². The van der Waals surface area contributed by atoms with Gasteiger partial charge in [-0.25, -0.2) is 9.37 Å². The molecule has 4 nitrogen and oxygen atoms in total. The number of carbonyl (C=O) groups is 1. The highest BCUT2D eigenvalue weighted by molar-refractivity contribution is 9.10. The second-order valence-corrected chi connectivity index (χ2v) is 5.97. The van der Waals surface area contributed by atoms with Crippen LogP contribution in [-0.4, -0.2) is 22.4 Å². The fraction of sp³-hybridized carbons (Fsp3) is 0.333. The number of allylic oxidation sites excluding steroid dienone is 4. The number of nitrogens with zero attached hydrogens (tertiary/aromatic N) is 1. The van der Waals surface area contributed by atoms with E-state index in [2.05, 4.69) is 25.9 Å². The predicted octanol–water partition coefficient (Wildman–Crippen LogP) is 4.93. The standard InChI is InChI=1S/C16H17BrFN3O.C2H6/c1-10(4-2-3-5-12(19)7-18)15(22)14-9-21-16-13(14)6-11(17)8-20-16;1-2/h2-3,5-6,8-10H,4,7,19H2,1H3,(H,20,21);1-2H3/b3-2?,12-5+;.